The SMILES string of the molecule is CNc1ccc(F)c(CN2N=Cc3c(n(C)c4nc(Cc5cc[nH]n5)sc34)C2O)n1. The van der Waals surface area contributed by atoms with E-state index in [1.165, 1.54) is 11.1 Å². The fourth-order valence-electron chi connectivity index (χ4n) is 3.58. The fraction of sp³-hybridized carbons (Fsp3) is 0.263. The van der Waals surface area contributed by atoms with Gasteiger partial charge in [-0.2, -0.15) is 10.2 Å². The van der Waals surface area contributed by atoms with Crippen molar-refractivity contribution < 1.29 is 9.50 Å². The molecule has 0 amide bonds. The van der Waals surface area contributed by atoms with Crippen molar-refractivity contribution in [3.8, 4) is 0 Å². The number of aliphatic hydroxyl groups is 1. The summed E-state index contributed by atoms with van der Waals surface area (Å²) in [4.78, 5) is 8.97. The highest BCUT2D eigenvalue weighted by atomic mass is 32.1. The zero-order valence-electron chi connectivity index (χ0n) is 16.3. The maximum Gasteiger partial charge on any atom is 0.184 e. The first-order valence-corrected chi connectivity index (χ1v) is 10.1. The van der Waals surface area contributed by atoms with E-state index in [1.807, 2.05) is 17.7 Å². The molecule has 3 N–H and O–H groups in total. The minimum absolute atomic E-state index is 0.0368. The van der Waals surface area contributed by atoms with Crippen LogP contribution in [0.25, 0.3) is 10.3 Å². The lowest BCUT2D eigenvalue weighted by molar-refractivity contribution is -0.0113. The topological polar surface area (TPSA) is 107 Å². The molecule has 9 nitrogen and oxygen atoms in total. The molecule has 0 saturated carbocycles. The third-order valence-corrected chi connectivity index (χ3v) is 6.17. The number of hydrogen-bond acceptors (Lipinski definition) is 8. The van der Waals surface area contributed by atoms with Gasteiger partial charge in [0.05, 0.1) is 34.5 Å². The van der Waals surface area contributed by atoms with Crippen molar-refractivity contribution in [2.45, 2.75) is 19.2 Å². The molecule has 4 aromatic heterocycles. The molecule has 1 aliphatic rings. The van der Waals surface area contributed by atoms with E-state index in [9.17, 15) is 9.50 Å². The predicted octanol–water partition coefficient (Wildman–Crippen LogP) is 2.37. The number of aromatic amines is 1. The molecule has 154 valence electrons. The number of aromatic nitrogens is 5. The van der Waals surface area contributed by atoms with Gasteiger partial charge >= 0.3 is 0 Å². The number of anilines is 1. The number of nitrogens with zero attached hydrogens (tertiary/aromatic N) is 6. The molecule has 5 heterocycles. The summed E-state index contributed by atoms with van der Waals surface area (Å²) < 4.78 is 17.0. The summed E-state index contributed by atoms with van der Waals surface area (Å²) >= 11 is 1.56. The van der Waals surface area contributed by atoms with Crippen LogP contribution in [0, 0.1) is 5.82 Å². The summed E-state index contributed by atoms with van der Waals surface area (Å²) in [7, 11) is 3.58. The Balaban J connectivity index is 1.46. The fourth-order valence-corrected chi connectivity index (χ4v) is 4.71. The van der Waals surface area contributed by atoms with E-state index in [2.05, 4.69) is 25.6 Å². The third kappa shape index (κ3) is 3.02. The first-order valence-electron chi connectivity index (χ1n) is 9.33. The van der Waals surface area contributed by atoms with Crippen molar-refractivity contribution in [2.24, 2.45) is 12.1 Å². The molecule has 5 rings (SSSR count). The van der Waals surface area contributed by atoms with Crippen LogP contribution >= 0.6 is 11.3 Å². The van der Waals surface area contributed by atoms with Gasteiger partial charge in [0.15, 0.2) is 11.9 Å². The zero-order valence-corrected chi connectivity index (χ0v) is 17.1. The van der Waals surface area contributed by atoms with Gasteiger partial charge in [-0.1, -0.05) is 0 Å². The summed E-state index contributed by atoms with van der Waals surface area (Å²) in [6.07, 6.45) is 3.08. The highest BCUT2D eigenvalue weighted by Gasteiger charge is 2.31. The summed E-state index contributed by atoms with van der Waals surface area (Å²) in [6, 6.07) is 4.83. The maximum atomic E-state index is 14.2. The van der Waals surface area contributed by atoms with Gasteiger partial charge in [-0.05, 0) is 18.2 Å². The molecular formula is C19H19FN8OS. The standard InChI is InChI=1S/C19H19FN8OS/c1-21-14-4-3-12(20)13(24-14)9-28-19(29)16-11(8-23-28)17-18(27(16)2)25-15(30-17)7-10-5-6-22-26-10/h3-6,8,19,29H,7,9H2,1-2H3,(H,21,24)(H,22,26). The summed E-state index contributed by atoms with van der Waals surface area (Å²) in [5, 5.41) is 27.6. The second-order valence-corrected chi connectivity index (χ2v) is 8.04. The first-order chi connectivity index (χ1) is 14.5. The van der Waals surface area contributed by atoms with E-state index in [-0.39, 0.29) is 12.2 Å². The maximum absolute atomic E-state index is 14.2. The molecule has 0 saturated heterocycles. The molecule has 4 aromatic rings. The predicted molar refractivity (Wildman–Crippen MR) is 112 cm³/mol. The van der Waals surface area contributed by atoms with Gasteiger partial charge in [-0.15, -0.1) is 11.3 Å². The van der Waals surface area contributed by atoms with Crippen molar-refractivity contribution >= 4 is 33.7 Å². The van der Waals surface area contributed by atoms with Gasteiger partial charge in [0.2, 0.25) is 0 Å². The number of halogens is 1. The van der Waals surface area contributed by atoms with Crippen molar-refractivity contribution in [3.63, 3.8) is 0 Å². The van der Waals surface area contributed by atoms with Crippen molar-refractivity contribution in [1.29, 1.82) is 0 Å². The molecule has 0 bridgehead atoms. The number of aliphatic hydroxyl groups excluding tert-OH is 1. The molecule has 0 aromatic carbocycles. The van der Waals surface area contributed by atoms with Crippen molar-refractivity contribution in [3.05, 3.63) is 57.9 Å². The Hall–Kier alpha value is -3.31. The Bertz CT molecular complexity index is 1250. The van der Waals surface area contributed by atoms with E-state index in [0.29, 0.717) is 17.9 Å². The van der Waals surface area contributed by atoms with E-state index in [4.69, 9.17) is 4.98 Å². The second kappa shape index (κ2) is 7.18. The third-order valence-electron chi connectivity index (χ3n) is 5.09. The minimum Gasteiger partial charge on any atom is -0.373 e. The number of hydrazone groups is 1. The van der Waals surface area contributed by atoms with E-state index in [1.54, 1.807) is 36.9 Å². The van der Waals surface area contributed by atoms with Crippen LogP contribution in [0.2, 0.25) is 0 Å². The molecule has 0 spiro atoms. The normalized spacial score (nSPS) is 15.7. The average Bonchev–Trinajstić information content (AvgIpc) is 3.45. The Kier molecular flexibility index (Phi) is 4.48. The van der Waals surface area contributed by atoms with Gasteiger partial charge in [0, 0.05) is 32.3 Å². The van der Waals surface area contributed by atoms with Crippen molar-refractivity contribution in [2.75, 3.05) is 12.4 Å². The Morgan fingerprint density at radius 2 is 2.17 bits per heavy atom. The van der Waals surface area contributed by atoms with Crippen LogP contribution in [-0.4, -0.2) is 48.1 Å². The van der Waals surface area contributed by atoms with Gasteiger partial charge in [-0.3, -0.25) is 10.1 Å². The van der Waals surface area contributed by atoms with Crippen LogP contribution in [-0.2, 0) is 20.0 Å². The van der Waals surface area contributed by atoms with Crippen LogP contribution in [0.5, 0.6) is 0 Å². The molecule has 30 heavy (non-hydrogen) atoms. The number of nitrogens with one attached hydrogen (secondary N) is 2. The van der Waals surface area contributed by atoms with Crippen LogP contribution < -0.4 is 5.32 Å². The summed E-state index contributed by atoms with van der Waals surface area (Å²) in [5.74, 6) is 0.107. The highest BCUT2D eigenvalue weighted by Crippen LogP contribution is 2.37. The van der Waals surface area contributed by atoms with Gasteiger partial charge in [-0.25, -0.2) is 14.4 Å². The number of thiazole rings is 1. The van der Waals surface area contributed by atoms with Crippen molar-refractivity contribution in [1.82, 2.24) is 29.7 Å². The molecule has 0 aliphatic carbocycles. The minimum atomic E-state index is -1.04. The van der Waals surface area contributed by atoms with E-state index >= 15 is 0 Å². The quantitative estimate of drug-likeness (QED) is 0.452. The smallest absolute Gasteiger partial charge is 0.184 e. The summed E-state index contributed by atoms with van der Waals surface area (Å²) in [5.41, 5.74) is 3.41. The number of rotatable bonds is 5. The van der Waals surface area contributed by atoms with Crippen LogP contribution in [0.1, 0.15) is 33.9 Å². The van der Waals surface area contributed by atoms with Crippen LogP contribution in [0.4, 0.5) is 10.2 Å². The lowest BCUT2D eigenvalue weighted by Gasteiger charge is -2.28. The largest absolute Gasteiger partial charge is 0.373 e. The van der Waals surface area contributed by atoms with Crippen LogP contribution in [0.3, 0.4) is 0 Å². The number of hydrogen-bond donors (Lipinski definition) is 3. The molecule has 0 radical (unpaired) electrons. The van der Waals surface area contributed by atoms with Gasteiger partial charge in [0.1, 0.15) is 16.6 Å². The Morgan fingerprint density at radius 1 is 1.30 bits per heavy atom. The van der Waals surface area contributed by atoms with Crippen LogP contribution in [0.15, 0.2) is 29.5 Å². The zero-order chi connectivity index (χ0) is 20.8. The number of H-pyrrole nitrogens is 1. The average molecular weight is 426 g/mol. The molecule has 1 aliphatic heterocycles. The number of pyridine rings is 1. The highest BCUT2D eigenvalue weighted by molar-refractivity contribution is 7.19. The Morgan fingerprint density at radius 3 is 2.93 bits per heavy atom. The van der Waals surface area contributed by atoms with E-state index < -0.39 is 12.0 Å². The molecule has 0 fully saturated rings. The molecule has 11 heteroatoms. The lowest BCUT2D eigenvalue weighted by Crippen LogP contribution is -2.29. The van der Waals surface area contributed by atoms with Gasteiger partial charge < -0.3 is 15.0 Å². The number of aryl methyl sites for hydroxylation is 1. The lowest BCUT2D eigenvalue weighted by atomic mass is 10.2. The molecule has 1 atom stereocenters. The van der Waals surface area contributed by atoms with E-state index in [0.717, 1.165) is 26.6 Å². The monoisotopic (exact) mass is 426 g/mol. The number of fused-ring (bicyclic) bond motifs is 3. The summed E-state index contributed by atoms with van der Waals surface area (Å²) in [6.45, 7) is 0.0368. The first kappa shape index (κ1) is 18.7. The second-order valence-electron chi connectivity index (χ2n) is 6.95. The molecule has 1 unspecified atom stereocenters. The van der Waals surface area contributed by atoms with Gasteiger partial charge in [0.25, 0.3) is 0 Å². The molecular weight excluding hydrogens is 407 g/mol. The Labute approximate surface area is 174 Å².